The first-order valence-electron chi connectivity index (χ1n) is 38.9. The summed E-state index contributed by atoms with van der Waals surface area (Å²) in [5, 5.41) is 44.3. The molecule has 0 spiro atoms. The second-order valence-corrected chi connectivity index (χ2v) is 31.7. The molecule has 664 valence electrons. The van der Waals surface area contributed by atoms with Gasteiger partial charge in [0.2, 0.25) is 23.5 Å². The van der Waals surface area contributed by atoms with Gasteiger partial charge in [0.25, 0.3) is 5.91 Å². The van der Waals surface area contributed by atoms with E-state index in [4.69, 9.17) is 54.7 Å². The number of pyridine rings is 4. The minimum absolute atomic E-state index is 0.0133. The number of rotatable bonds is 27. The van der Waals surface area contributed by atoms with Crippen molar-refractivity contribution in [2.75, 3.05) is 87.9 Å². The number of ether oxygens (including phenoxy) is 7. The number of aromatic carboxylic acids is 1. The summed E-state index contributed by atoms with van der Waals surface area (Å²) in [4.78, 5) is 109. The van der Waals surface area contributed by atoms with Crippen LogP contribution in [0, 0.1) is 3.57 Å². The molecule has 40 heteroatoms. The zero-order valence-corrected chi connectivity index (χ0v) is 77.1. The van der Waals surface area contributed by atoms with Crippen LogP contribution in [0.25, 0.3) is 33.4 Å². The number of nitrogens with one attached hydrogen (secondary N) is 5. The van der Waals surface area contributed by atoms with Crippen LogP contribution in [0.5, 0.6) is 23.5 Å². The lowest BCUT2D eigenvalue weighted by Gasteiger charge is -2.30. The monoisotopic (exact) mass is 1910 g/mol. The van der Waals surface area contributed by atoms with Gasteiger partial charge in [-0.1, -0.05) is 108 Å². The zero-order valence-electron chi connectivity index (χ0n) is 71.7. The highest BCUT2D eigenvalue weighted by Gasteiger charge is 2.27. The number of methoxy groups -OCH3 is 4. The molecule has 0 saturated heterocycles. The van der Waals surface area contributed by atoms with E-state index >= 15 is 0 Å². The number of carbonyl (C=O) groups excluding carboxylic acids is 4. The van der Waals surface area contributed by atoms with Crippen LogP contribution in [0.2, 0.25) is 0 Å². The van der Waals surface area contributed by atoms with Crippen LogP contribution in [-0.2, 0) is 14.2 Å². The number of carboxylic acids is 1. The van der Waals surface area contributed by atoms with Gasteiger partial charge in [0, 0.05) is 128 Å². The van der Waals surface area contributed by atoms with Crippen molar-refractivity contribution in [3.05, 3.63) is 221 Å². The van der Waals surface area contributed by atoms with Crippen molar-refractivity contribution in [3.63, 3.8) is 0 Å². The Kier molecular flexibility index (Phi) is 40.2. The molecule has 0 radical (unpaired) electrons. The summed E-state index contributed by atoms with van der Waals surface area (Å²) in [6.45, 7) is 9.68. The number of thioether (sulfide) groups is 4. The highest BCUT2D eigenvalue weighted by molar-refractivity contribution is 14.1. The van der Waals surface area contributed by atoms with Gasteiger partial charge >= 0.3 is 31.1 Å². The predicted molar refractivity (Wildman–Crippen MR) is 504 cm³/mol. The zero-order chi connectivity index (χ0) is 92.0. The highest BCUT2D eigenvalue weighted by atomic mass is 127. The van der Waals surface area contributed by atoms with Gasteiger partial charge in [-0.05, 0) is 191 Å². The number of nitrogens with zero attached hydrogens (tertiary/aromatic N) is 12. The Bertz CT molecular complexity index is 5440. The maximum absolute atomic E-state index is 12.2. The summed E-state index contributed by atoms with van der Waals surface area (Å²) in [5.41, 5.74) is 20.9. The first-order valence-corrected chi connectivity index (χ1v) is 44.9. The third kappa shape index (κ3) is 32.1. The number of anilines is 8. The van der Waals surface area contributed by atoms with Crippen molar-refractivity contribution in [1.29, 1.82) is 0 Å². The molecule has 0 aliphatic heterocycles. The lowest BCUT2D eigenvalue weighted by Crippen LogP contribution is -2.50. The summed E-state index contributed by atoms with van der Waals surface area (Å²) in [7, 11) is 4.76. The Hall–Kier alpha value is -12.6. The fraction of sp³-hybridized carbons (Fsp3) is 0.253. The van der Waals surface area contributed by atoms with E-state index in [0.717, 1.165) is 79.7 Å². The first-order chi connectivity index (χ1) is 61.1. The van der Waals surface area contributed by atoms with Gasteiger partial charge in [0.1, 0.15) is 51.1 Å². The van der Waals surface area contributed by atoms with Crippen LogP contribution in [0.3, 0.4) is 0 Å². The van der Waals surface area contributed by atoms with E-state index in [-0.39, 0.29) is 47.3 Å². The van der Waals surface area contributed by atoms with E-state index in [0.29, 0.717) is 84.9 Å². The number of hydrogen-bond donors (Lipinski definition) is 10. The molecule has 1 aliphatic rings. The minimum atomic E-state index is -1.46. The Morgan fingerprint density at radius 1 is 0.457 bits per heavy atom. The van der Waals surface area contributed by atoms with Gasteiger partial charge in [-0.3, -0.25) is 4.79 Å². The largest absolute Gasteiger partial charge is 0.490 e. The Morgan fingerprint density at radius 2 is 0.803 bits per heavy atom. The molecule has 1 aliphatic carbocycles. The summed E-state index contributed by atoms with van der Waals surface area (Å²) in [6, 6.07) is 45.2. The lowest BCUT2D eigenvalue weighted by molar-refractivity contribution is 0.0481. The van der Waals surface area contributed by atoms with Gasteiger partial charge in [-0.2, -0.15) is 0 Å². The van der Waals surface area contributed by atoms with E-state index in [1.807, 2.05) is 167 Å². The number of nitrogens with two attached hydrogens (primary N) is 2. The third-order valence-corrected chi connectivity index (χ3v) is 20.3. The molecule has 2 atom stereocenters. The van der Waals surface area contributed by atoms with Gasteiger partial charge < -0.3 is 86.4 Å². The number of primary amides is 1. The van der Waals surface area contributed by atoms with Gasteiger partial charge in [-0.25, -0.2) is 79.0 Å². The maximum atomic E-state index is 12.2. The number of carbonyl (C=O) groups is 5. The molecule has 8 aromatic heterocycles. The van der Waals surface area contributed by atoms with Gasteiger partial charge in [-0.15, -0.1) is 0 Å². The summed E-state index contributed by atoms with van der Waals surface area (Å²) in [6.07, 6.45) is 23.6. The van der Waals surface area contributed by atoms with E-state index in [1.54, 1.807) is 72.0 Å². The highest BCUT2D eigenvalue weighted by Crippen LogP contribution is 2.33. The normalized spacial score (nSPS) is 12.3. The molecule has 12 N–H and O–H groups in total. The second-order valence-electron chi connectivity index (χ2n) is 27.3. The number of aromatic nitrogens is 12. The molecular weight excluding hydrogens is 1820 g/mol. The summed E-state index contributed by atoms with van der Waals surface area (Å²) in [5.74, 6) is 1.02. The summed E-state index contributed by atoms with van der Waals surface area (Å²) < 4.78 is 36.4. The fourth-order valence-corrected chi connectivity index (χ4v) is 13.1. The standard InChI is InChI=1S/C20H20N4O3S.C18H17N5O2S.C18H16N4O3S.C14H14IN3O2S.C11H22N2O2.C6H8BNO3/c1-4-27-19(25)16-12-22-20(28-3)24-18(16)23-15-7-5-6-13(10-15)14-8-9-17(26-2)21-11-14;1-25-15-7-6-12(9-20-15)11-4-3-5-13(8-11)22-17-14(16(19)24)10-21-18(23-17)26-2;1-25-15-7-6-12(9-19-15)11-4-3-5-13(8-11)21-16-14(17(23)24)10-20-18(22-16)26-2;1-3-20-13(19)11-8-16-14(21-2)18-12(11)17-10-6-4-5-9(15)7-10;1-11(2,3)15-10(14)13-9-7-5-4-6-8(9)12;1-11-6-3-2-5(4-8-6)7(9)10/h5-12H,4H2,1-3H3,(H,22,23,24);3-10H,1-2H3,(H2,19,24)(H,21,22,23);3-10H,1-2H3,(H,23,24)(H,20,21,22);4-8H,3H2,1-2H3,(H,16,17,18);8-9H,4-7,12H2,1-3H3,(H,13,14);2-4,9-10H,1H3/t;;;;8-,9+;/m....1./s1. The predicted octanol–water partition coefficient (Wildman–Crippen LogP) is 15.3. The Morgan fingerprint density at radius 3 is 1.12 bits per heavy atom. The molecule has 1 fully saturated rings. The average Bonchev–Trinajstić information content (AvgIpc) is 0.851. The average molecular weight is 1910 g/mol. The Balaban J connectivity index is 0.000000193. The molecule has 34 nitrogen and oxygen atoms in total. The molecule has 127 heavy (non-hydrogen) atoms. The fourth-order valence-electron chi connectivity index (χ4n) is 11.2. The molecule has 0 bridgehead atoms. The summed E-state index contributed by atoms with van der Waals surface area (Å²) >= 11 is 7.77. The molecule has 13 rings (SSSR count). The first kappa shape index (κ1) is 99.8. The van der Waals surface area contributed by atoms with Crippen LogP contribution < -0.4 is 62.5 Å². The van der Waals surface area contributed by atoms with Crippen molar-refractivity contribution in [3.8, 4) is 56.9 Å². The van der Waals surface area contributed by atoms with E-state index in [9.17, 15) is 29.1 Å². The van der Waals surface area contributed by atoms with Crippen molar-refractivity contribution in [2.24, 2.45) is 11.5 Å². The number of carboxylic acid groups (broad SMARTS) is 1. The number of esters is 2. The second kappa shape index (κ2) is 51.1. The van der Waals surface area contributed by atoms with Crippen molar-refractivity contribution in [2.45, 2.75) is 98.6 Å². The number of hydrogen-bond acceptors (Lipinski definition) is 35. The molecule has 0 unspecified atom stereocenters. The van der Waals surface area contributed by atoms with Crippen LogP contribution >= 0.6 is 69.6 Å². The Labute approximate surface area is 766 Å². The number of alkyl carbamates (subject to hydrolysis) is 1. The van der Waals surface area contributed by atoms with Crippen molar-refractivity contribution < 1.29 is 72.3 Å². The van der Waals surface area contributed by atoms with E-state index in [1.165, 1.54) is 91.2 Å². The van der Waals surface area contributed by atoms with Crippen molar-refractivity contribution >= 4 is 158 Å². The number of halogens is 1. The number of benzene rings is 4. The minimum Gasteiger partial charge on any atom is -0.481 e. The van der Waals surface area contributed by atoms with Crippen LogP contribution in [0.1, 0.15) is 102 Å². The van der Waals surface area contributed by atoms with E-state index < -0.39 is 36.5 Å². The molecule has 8 heterocycles. The van der Waals surface area contributed by atoms with Gasteiger partial charge in [0.15, 0.2) is 20.6 Å². The maximum Gasteiger partial charge on any atom is 0.490 e. The van der Waals surface area contributed by atoms with Crippen molar-refractivity contribution in [1.82, 2.24) is 65.1 Å². The number of amides is 2. The molecule has 2 amide bonds. The van der Waals surface area contributed by atoms with Crippen LogP contribution in [0.15, 0.2) is 216 Å². The molecule has 4 aromatic carbocycles. The molecule has 1 saturated carbocycles. The smallest absolute Gasteiger partial charge is 0.481 e. The SMILES string of the molecule is CC(C)(C)OC(=O)N[C@H]1CCCC[C@H]1N.CCOC(=O)c1cnc(SC)nc1Nc1cccc(-c2ccc(OC)nc2)c1.CCOC(=O)c1cnc(SC)nc1Nc1cccc(I)c1.COc1ccc(-c2cccc(Nc3nc(SC)ncc3C(=O)O)c2)cn1.COc1ccc(-c2cccc(Nc3nc(SC)ncc3C(N)=O)c2)cn1.COc1ccc(B(O)O)cn1. The third-order valence-electron chi connectivity index (χ3n) is 17.4. The topological polar surface area (TPSA) is 478 Å². The van der Waals surface area contributed by atoms with Gasteiger partial charge in [0.05, 0.1) is 41.7 Å². The molecule has 12 aromatic rings. The lowest BCUT2D eigenvalue weighted by atomic mass is 9.82. The van der Waals surface area contributed by atoms with E-state index in [2.05, 4.69) is 109 Å². The quantitative estimate of drug-likeness (QED) is 0.00571. The van der Waals surface area contributed by atoms with Crippen LogP contribution in [-0.4, -0.2) is 196 Å². The van der Waals surface area contributed by atoms with Crippen LogP contribution in [0.4, 0.5) is 50.8 Å². The molecular formula is C87H97BIN19O15S4.